The van der Waals surface area contributed by atoms with Crippen molar-refractivity contribution in [2.45, 2.75) is 25.8 Å². The van der Waals surface area contributed by atoms with Crippen LogP contribution in [0.3, 0.4) is 0 Å². The summed E-state index contributed by atoms with van der Waals surface area (Å²) in [5, 5.41) is 2.96. The zero-order valence-corrected chi connectivity index (χ0v) is 14.4. The lowest BCUT2D eigenvalue weighted by Gasteiger charge is -2.32. The van der Waals surface area contributed by atoms with Crippen LogP contribution in [0.25, 0.3) is 0 Å². The number of likely N-dealkylation sites (tertiary alicyclic amines) is 1. The Morgan fingerprint density at radius 2 is 2.00 bits per heavy atom. The predicted molar refractivity (Wildman–Crippen MR) is 90.9 cm³/mol. The van der Waals surface area contributed by atoms with Crippen molar-refractivity contribution in [2.75, 3.05) is 40.0 Å². The lowest BCUT2D eigenvalue weighted by atomic mass is 10.0. The summed E-state index contributed by atoms with van der Waals surface area (Å²) in [6, 6.07) is 7.74. The van der Waals surface area contributed by atoms with E-state index in [2.05, 4.69) is 5.32 Å². The number of amides is 2. The molecule has 132 valence electrons. The van der Waals surface area contributed by atoms with Gasteiger partial charge in [-0.2, -0.15) is 0 Å². The van der Waals surface area contributed by atoms with Gasteiger partial charge in [0.05, 0.1) is 13.2 Å². The first-order valence-corrected chi connectivity index (χ1v) is 8.32. The lowest BCUT2D eigenvalue weighted by molar-refractivity contribution is -0.127. The molecule has 1 aliphatic heterocycles. The summed E-state index contributed by atoms with van der Waals surface area (Å²) >= 11 is 0. The Labute approximate surface area is 143 Å². The minimum Gasteiger partial charge on any atom is -0.382 e. The van der Waals surface area contributed by atoms with Gasteiger partial charge in [0.1, 0.15) is 6.61 Å². The predicted octanol–water partition coefficient (Wildman–Crippen LogP) is 1.38. The molecule has 0 unspecified atom stereocenters. The fraction of sp³-hybridized carbons (Fsp3) is 0.556. The number of benzene rings is 1. The molecule has 1 heterocycles. The average molecular weight is 334 g/mol. The second-order valence-electron chi connectivity index (χ2n) is 6.05. The van der Waals surface area contributed by atoms with Crippen LogP contribution in [-0.2, 0) is 14.3 Å². The molecule has 1 aromatic rings. The summed E-state index contributed by atoms with van der Waals surface area (Å²) in [6.07, 6.45) is 1.53. The largest absolute Gasteiger partial charge is 0.382 e. The maximum Gasteiger partial charge on any atom is 0.253 e. The normalized spacial score (nSPS) is 15.3. The highest BCUT2D eigenvalue weighted by Crippen LogP contribution is 2.15. The number of piperidine rings is 1. The SMILES string of the molecule is COCCOCC(=O)NC1CCN(C(=O)c2cccc(C)c2)CC1. The van der Waals surface area contributed by atoms with Crippen LogP contribution in [0.1, 0.15) is 28.8 Å². The van der Waals surface area contributed by atoms with Crippen LogP contribution in [0.15, 0.2) is 24.3 Å². The van der Waals surface area contributed by atoms with Gasteiger partial charge in [-0.25, -0.2) is 0 Å². The molecule has 1 N–H and O–H groups in total. The molecule has 0 saturated carbocycles. The zero-order valence-electron chi connectivity index (χ0n) is 14.4. The summed E-state index contributed by atoms with van der Waals surface area (Å²) < 4.78 is 10.1. The number of rotatable bonds is 7. The molecule has 6 heteroatoms. The molecule has 0 aromatic heterocycles. The minimum atomic E-state index is -0.116. The van der Waals surface area contributed by atoms with Gasteiger partial charge in [-0.15, -0.1) is 0 Å². The van der Waals surface area contributed by atoms with E-state index < -0.39 is 0 Å². The Morgan fingerprint density at radius 3 is 2.67 bits per heavy atom. The number of aryl methyl sites for hydroxylation is 1. The van der Waals surface area contributed by atoms with E-state index in [1.165, 1.54) is 0 Å². The van der Waals surface area contributed by atoms with Crippen molar-refractivity contribution in [3.05, 3.63) is 35.4 Å². The van der Waals surface area contributed by atoms with Crippen LogP contribution in [-0.4, -0.2) is 62.8 Å². The van der Waals surface area contributed by atoms with E-state index in [0.717, 1.165) is 24.0 Å². The third-order valence-corrected chi connectivity index (χ3v) is 4.08. The zero-order chi connectivity index (χ0) is 17.4. The Balaban J connectivity index is 1.73. The maximum absolute atomic E-state index is 12.5. The van der Waals surface area contributed by atoms with Crippen LogP contribution in [0.5, 0.6) is 0 Å². The Kier molecular flexibility index (Phi) is 7.21. The first-order chi connectivity index (χ1) is 11.6. The number of nitrogens with one attached hydrogen (secondary N) is 1. The van der Waals surface area contributed by atoms with E-state index in [1.807, 2.05) is 36.1 Å². The van der Waals surface area contributed by atoms with Gasteiger partial charge in [-0.3, -0.25) is 9.59 Å². The molecule has 0 bridgehead atoms. The van der Waals surface area contributed by atoms with Crippen molar-refractivity contribution >= 4 is 11.8 Å². The van der Waals surface area contributed by atoms with E-state index in [0.29, 0.717) is 26.3 Å². The number of methoxy groups -OCH3 is 1. The van der Waals surface area contributed by atoms with Gasteiger partial charge in [0.25, 0.3) is 5.91 Å². The first-order valence-electron chi connectivity index (χ1n) is 8.32. The fourth-order valence-corrected chi connectivity index (χ4v) is 2.76. The number of carbonyl (C=O) groups excluding carboxylic acids is 2. The minimum absolute atomic E-state index is 0.0474. The van der Waals surface area contributed by atoms with E-state index in [9.17, 15) is 9.59 Å². The molecular formula is C18H26N2O4. The molecule has 1 aromatic carbocycles. The van der Waals surface area contributed by atoms with Crippen LogP contribution in [0.2, 0.25) is 0 Å². The molecular weight excluding hydrogens is 308 g/mol. The quantitative estimate of drug-likeness (QED) is 0.765. The van der Waals surface area contributed by atoms with Crippen LogP contribution in [0.4, 0.5) is 0 Å². The highest BCUT2D eigenvalue weighted by Gasteiger charge is 2.24. The van der Waals surface area contributed by atoms with Crippen molar-refractivity contribution in [3.63, 3.8) is 0 Å². The molecule has 0 aliphatic carbocycles. The topological polar surface area (TPSA) is 67.9 Å². The highest BCUT2D eigenvalue weighted by atomic mass is 16.5. The van der Waals surface area contributed by atoms with Crippen molar-refractivity contribution in [3.8, 4) is 0 Å². The average Bonchev–Trinajstić information content (AvgIpc) is 2.59. The lowest BCUT2D eigenvalue weighted by Crippen LogP contribution is -2.47. The van der Waals surface area contributed by atoms with Gasteiger partial charge in [-0.1, -0.05) is 17.7 Å². The van der Waals surface area contributed by atoms with Crippen molar-refractivity contribution in [1.82, 2.24) is 10.2 Å². The van der Waals surface area contributed by atoms with Gasteiger partial charge in [-0.05, 0) is 31.9 Å². The molecule has 1 fully saturated rings. The number of ether oxygens (including phenoxy) is 2. The number of carbonyl (C=O) groups is 2. The Hall–Kier alpha value is -1.92. The summed E-state index contributed by atoms with van der Waals surface area (Å²) in [5.41, 5.74) is 1.81. The van der Waals surface area contributed by atoms with Gasteiger partial charge < -0.3 is 19.7 Å². The summed E-state index contributed by atoms with van der Waals surface area (Å²) in [5.74, 6) is -0.0547. The third-order valence-electron chi connectivity index (χ3n) is 4.08. The van der Waals surface area contributed by atoms with Gasteiger partial charge in [0.15, 0.2) is 0 Å². The van der Waals surface area contributed by atoms with Crippen molar-refractivity contribution < 1.29 is 19.1 Å². The van der Waals surface area contributed by atoms with Crippen molar-refractivity contribution in [1.29, 1.82) is 0 Å². The fourth-order valence-electron chi connectivity index (χ4n) is 2.76. The van der Waals surface area contributed by atoms with Crippen LogP contribution >= 0.6 is 0 Å². The van der Waals surface area contributed by atoms with E-state index >= 15 is 0 Å². The molecule has 1 saturated heterocycles. The van der Waals surface area contributed by atoms with E-state index in [1.54, 1.807) is 7.11 Å². The number of hydrogen-bond donors (Lipinski definition) is 1. The molecule has 0 atom stereocenters. The van der Waals surface area contributed by atoms with E-state index in [4.69, 9.17) is 9.47 Å². The highest BCUT2D eigenvalue weighted by molar-refractivity contribution is 5.94. The standard InChI is InChI=1S/C18H26N2O4/c1-14-4-3-5-15(12-14)18(22)20-8-6-16(7-9-20)19-17(21)13-24-11-10-23-2/h3-5,12,16H,6-11,13H2,1-2H3,(H,19,21). The first kappa shape index (κ1) is 18.4. The summed E-state index contributed by atoms with van der Waals surface area (Å²) in [4.78, 5) is 26.1. The van der Waals surface area contributed by atoms with Gasteiger partial charge in [0, 0.05) is 31.8 Å². The third kappa shape index (κ3) is 5.62. The van der Waals surface area contributed by atoms with Crippen LogP contribution < -0.4 is 5.32 Å². The number of hydrogen-bond acceptors (Lipinski definition) is 4. The molecule has 0 spiro atoms. The molecule has 24 heavy (non-hydrogen) atoms. The van der Waals surface area contributed by atoms with Gasteiger partial charge >= 0.3 is 0 Å². The summed E-state index contributed by atoms with van der Waals surface area (Å²) in [7, 11) is 1.59. The Bertz CT molecular complexity index is 554. The molecule has 0 radical (unpaired) electrons. The van der Waals surface area contributed by atoms with Crippen molar-refractivity contribution in [2.24, 2.45) is 0 Å². The Morgan fingerprint density at radius 1 is 1.25 bits per heavy atom. The number of nitrogens with zero attached hydrogens (tertiary/aromatic N) is 1. The summed E-state index contributed by atoms with van der Waals surface area (Å²) in [6.45, 7) is 4.23. The second kappa shape index (κ2) is 9.39. The molecule has 1 aliphatic rings. The maximum atomic E-state index is 12.5. The van der Waals surface area contributed by atoms with E-state index in [-0.39, 0.29) is 24.5 Å². The monoisotopic (exact) mass is 334 g/mol. The van der Waals surface area contributed by atoms with Gasteiger partial charge in [0.2, 0.25) is 5.91 Å². The smallest absolute Gasteiger partial charge is 0.253 e. The second-order valence-corrected chi connectivity index (χ2v) is 6.05. The molecule has 2 amide bonds. The molecule has 2 rings (SSSR count). The van der Waals surface area contributed by atoms with Crippen LogP contribution in [0, 0.1) is 6.92 Å². The molecule has 6 nitrogen and oxygen atoms in total.